The fourth-order valence-electron chi connectivity index (χ4n) is 7.46. The Balaban J connectivity index is 1.10. The van der Waals surface area contributed by atoms with E-state index in [-0.39, 0.29) is 0 Å². The van der Waals surface area contributed by atoms with Crippen LogP contribution in [-0.2, 0) is 0 Å². The molecule has 0 aliphatic carbocycles. The first-order chi connectivity index (χ1) is 24.7. The number of nitrogens with zero attached hydrogens (tertiary/aromatic N) is 3. The van der Waals surface area contributed by atoms with Gasteiger partial charge in [-0.05, 0) is 74.8 Å². The Morgan fingerprint density at radius 1 is 0.360 bits per heavy atom. The van der Waals surface area contributed by atoms with E-state index >= 15 is 0 Å². The lowest BCUT2D eigenvalue weighted by atomic mass is 9.94. The molecule has 0 N–H and O–H groups in total. The van der Waals surface area contributed by atoms with Gasteiger partial charge in [-0.1, -0.05) is 109 Å². The van der Waals surface area contributed by atoms with E-state index in [1.165, 1.54) is 47.1 Å². The van der Waals surface area contributed by atoms with Crippen LogP contribution in [0.4, 0.5) is 0 Å². The summed E-state index contributed by atoms with van der Waals surface area (Å²) in [5, 5.41) is 12.2. The van der Waals surface area contributed by atoms with Gasteiger partial charge in [-0.15, -0.1) is 11.3 Å². The minimum atomic E-state index is 0.604. The summed E-state index contributed by atoms with van der Waals surface area (Å²) >= 11 is 1.86. The Hall–Kier alpha value is -6.43. The van der Waals surface area contributed by atoms with E-state index in [4.69, 9.17) is 19.4 Å². The van der Waals surface area contributed by atoms with Gasteiger partial charge < -0.3 is 4.42 Å². The van der Waals surface area contributed by atoms with Gasteiger partial charge in [-0.2, -0.15) is 0 Å². The summed E-state index contributed by atoms with van der Waals surface area (Å²) in [4.78, 5) is 15.1. The van der Waals surface area contributed by atoms with E-state index in [1.807, 2.05) is 65.9 Å². The predicted octanol–water partition coefficient (Wildman–Crippen LogP) is 12.6. The largest absolute Gasteiger partial charge is 0.456 e. The maximum atomic E-state index is 6.23. The average Bonchev–Trinajstić information content (AvgIpc) is 3.74. The third-order valence-corrected chi connectivity index (χ3v) is 11.0. The quantitative estimate of drug-likeness (QED) is 0.178. The van der Waals surface area contributed by atoms with E-state index in [9.17, 15) is 0 Å². The lowest BCUT2D eigenvalue weighted by Gasteiger charge is -2.11. The number of para-hydroxylation sites is 1. The molecule has 0 unspecified atom stereocenters. The Labute approximate surface area is 289 Å². The second kappa shape index (κ2) is 10.5. The second-order valence-electron chi connectivity index (χ2n) is 12.8. The van der Waals surface area contributed by atoms with Crippen molar-refractivity contribution in [1.29, 1.82) is 0 Å². The van der Waals surface area contributed by atoms with Crippen LogP contribution in [0.1, 0.15) is 0 Å². The normalized spacial score (nSPS) is 12.0. The topological polar surface area (TPSA) is 51.8 Å². The van der Waals surface area contributed by atoms with Crippen LogP contribution in [0.2, 0.25) is 0 Å². The average molecular weight is 656 g/mol. The van der Waals surface area contributed by atoms with Gasteiger partial charge in [0, 0.05) is 47.6 Å². The standard InChI is InChI=1S/C45H25N3OS/c1-2-8-27(9-3-1)43-46-44(48-45(47-43)31-19-21-34-33-10-4-6-12-38(33)49-39(34)23-31)30-18-20-32-28(22-30)16-14-26-15-17-29-24-41-37(25-36(29)42(26)32)35-11-5-7-13-40(35)50-41/h1-25H. The zero-order valence-corrected chi connectivity index (χ0v) is 27.4. The predicted molar refractivity (Wildman–Crippen MR) is 209 cm³/mol. The molecule has 0 amide bonds. The van der Waals surface area contributed by atoms with Crippen LogP contribution in [0.25, 0.3) is 109 Å². The van der Waals surface area contributed by atoms with Crippen molar-refractivity contribution >= 4 is 85.8 Å². The molecule has 50 heavy (non-hydrogen) atoms. The van der Waals surface area contributed by atoms with Gasteiger partial charge in [0.25, 0.3) is 0 Å². The van der Waals surface area contributed by atoms with Crippen molar-refractivity contribution in [3.63, 3.8) is 0 Å². The molecule has 3 aromatic heterocycles. The third kappa shape index (κ3) is 4.20. The Bertz CT molecular complexity index is 3160. The first kappa shape index (κ1) is 27.5. The molecule has 0 bridgehead atoms. The lowest BCUT2D eigenvalue weighted by molar-refractivity contribution is 0.669. The number of aromatic nitrogens is 3. The van der Waals surface area contributed by atoms with E-state index in [1.54, 1.807) is 0 Å². The van der Waals surface area contributed by atoms with Crippen LogP contribution in [0.15, 0.2) is 156 Å². The van der Waals surface area contributed by atoms with Gasteiger partial charge in [0.05, 0.1) is 0 Å². The van der Waals surface area contributed by atoms with E-state index < -0.39 is 0 Å². The van der Waals surface area contributed by atoms with Gasteiger partial charge in [-0.3, -0.25) is 0 Å². The molecule has 11 aromatic rings. The number of hydrogen-bond donors (Lipinski definition) is 0. The maximum Gasteiger partial charge on any atom is 0.164 e. The summed E-state index contributed by atoms with van der Waals surface area (Å²) in [6, 6.07) is 53.4. The molecule has 232 valence electrons. The Morgan fingerprint density at radius 3 is 1.80 bits per heavy atom. The van der Waals surface area contributed by atoms with Gasteiger partial charge >= 0.3 is 0 Å². The van der Waals surface area contributed by atoms with Crippen LogP contribution in [0.5, 0.6) is 0 Å². The number of rotatable bonds is 3. The van der Waals surface area contributed by atoms with Crippen LogP contribution < -0.4 is 0 Å². The van der Waals surface area contributed by atoms with Crippen molar-refractivity contribution < 1.29 is 4.42 Å². The minimum absolute atomic E-state index is 0.604. The molecule has 5 heteroatoms. The molecule has 4 nitrogen and oxygen atoms in total. The molecular formula is C45H25N3OS. The summed E-state index contributed by atoms with van der Waals surface area (Å²) in [6.45, 7) is 0. The fourth-order valence-corrected chi connectivity index (χ4v) is 8.60. The first-order valence-electron chi connectivity index (χ1n) is 16.7. The minimum Gasteiger partial charge on any atom is -0.456 e. The fraction of sp³-hybridized carbons (Fsp3) is 0. The van der Waals surface area contributed by atoms with Crippen molar-refractivity contribution in [3.05, 3.63) is 152 Å². The second-order valence-corrected chi connectivity index (χ2v) is 13.9. The van der Waals surface area contributed by atoms with Gasteiger partial charge in [0.1, 0.15) is 11.2 Å². The van der Waals surface area contributed by atoms with E-state index in [2.05, 4.69) is 97.1 Å². The van der Waals surface area contributed by atoms with Gasteiger partial charge in [-0.25, -0.2) is 15.0 Å². The molecule has 0 aliphatic heterocycles. The van der Waals surface area contributed by atoms with E-state index in [0.29, 0.717) is 17.5 Å². The van der Waals surface area contributed by atoms with Crippen LogP contribution in [0, 0.1) is 0 Å². The van der Waals surface area contributed by atoms with Crippen molar-refractivity contribution in [3.8, 4) is 34.2 Å². The number of hydrogen-bond acceptors (Lipinski definition) is 5. The highest BCUT2D eigenvalue weighted by Gasteiger charge is 2.16. The Kier molecular flexibility index (Phi) is 5.80. The highest BCUT2D eigenvalue weighted by molar-refractivity contribution is 7.25. The number of furan rings is 1. The zero-order valence-electron chi connectivity index (χ0n) is 26.6. The zero-order chi connectivity index (χ0) is 32.8. The molecule has 0 saturated carbocycles. The molecule has 0 aliphatic rings. The highest BCUT2D eigenvalue weighted by Crippen LogP contribution is 2.41. The van der Waals surface area contributed by atoms with Gasteiger partial charge in [0.15, 0.2) is 17.5 Å². The molecule has 0 radical (unpaired) electrons. The summed E-state index contributed by atoms with van der Waals surface area (Å²) in [7, 11) is 0. The maximum absolute atomic E-state index is 6.23. The highest BCUT2D eigenvalue weighted by atomic mass is 32.1. The smallest absolute Gasteiger partial charge is 0.164 e. The first-order valence-corrected chi connectivity index (χ1v) is 17.5. The molecular weight excluding hydrogens is 631 g/mol. The molecule has 8 aromatic carbocycles. The van der Waals surface area contributed by atoms with Crippen LogP contribution in [-0.4, -0.2) is 15.0 Å². The number of thiophene rings is 1. The Morgan fingerprint density at radius 2 is 0.980 bits per heavy atom. The molecule has 0 saturated heterocycles. The summed E-state index contributed by atoms with van der Waals surface area (Å²) in [5.74, 6) is 1.87. The van der Waals surface area contributed by atoms with Crippen molar-refractivity contribution in [2.24, 2.45) is 0 Å². The van der Waals surface area contributed by atoms with Crippen molar-refractivity contribution in [2.45, 2.75) is 0 Å². The number of benzene rings is 8. The molecule has 0 atom stereocenters. The number of fused-ring (bicyclic) bond motifs is 11. The molecule has 0 fully saturated rings. The summed E-state index contributed by atoms with van der Waals surface area (Å²) < 4.78 is 8.87. The lowest BCUT2D eigenvalue weighted by Crippen LogP contribution is -2.00. The third-order valence-electron chi connectivity index (χ3n) is 9.88. The molecule has 11 rings (SSSR count). The SMILES string of the molecule is c1ccc(-c2nc(-c3ccc4c(ccc5ccc6cc7sc8ccccc8c7cc6c54)c3)nc(-c3ccc4c(c3)oc3ccccc34)n2)cc1. The molecule has 3 heterocycles. The summed E-state index contributed by atoms with van der Waals surface area (Å²) in [5.41, 5.74) is 4.43. The summed E-state index contributed by atoms with van der Waals surface area (Å²) in [6.07, 6.45) is 0. The van der Waals surface area contributed by atoms with Crippen molar-refractivity contribution in [1.82, 2.24) is 15.0 Å². The molecule has 0 spiro atoms. The van der Waals surface area contributed by atoms with E-state index in [0.717, 1.165) is 44.0 Å². The van der Waals surface area contributed by atoms with Crippen LogP contribution in [0.3, 0.4) is 0 Å². The van der Waals surface area contributed by atoms with Crippen molar-refractivity contribution in [2.75, 3.05) is 0 Å². The monoisotopic (exact) mass is 655 g/mol. The van der Waals surface area contributed by atoms with Gasteiger partial charge in [0.2, 0.25) is 0 Å². The van der Waals surface area contributed by atoms with Crippen LogP contribution >= 0.6 is 11.3 Å².